The lowest BCUT2D eigenvalue weighted by Crippen LogP contribution is -2.37. The number of ether oxygens (including phenoxy) is 1. The van der Waals surface area contributed by atoms with Crippen LogP contribution in [-0.4, -0.2) is 18.9 Å². The zero-order valence-corrected chi connectivity index (χ0v) is 8.60. The van der Waals surface area contributed by atoms with E-state index in [1.807, 2.05) is 0 Å². The van der Waals surface area contributed by atoms with Crippen LogP contribution in [0, 0.1) is 11.8 Å². The highest BCUT2D eigenvalue weighted by Gasteiger charge is 2.42. The van der Waals surface area contributed by atoms with Crippen molar-refractivity contribution in [3.8, 4) is 0 Å². The lowest BCUT2D eigenvalue weighted by atomic mass is 9.90. The molecule has 0 unspecified atom stereocenters. The SMILES string of the molecule is CC(C)C[C@@H]1CC[C@@H](C(F)(F)F)OC1. The fraction of sp³-hybridized carbons (Fsp3) is 1.00. The van der Waals surface area contributed by atoms with E-state index < -0.39 is 12.3 Å². The predicted octanol–water partition coefficient (Wildman–Crippen LogP) is 3.39. The Balaban J connectivity index is 2.31. The van der Waals surface area contributed by atoms with Crippen molar-refractivity contribution < 1.29 is 17.9 Å². The van der Waals surface area contributed by atoms with Crippen LogP contribution in [0.5, 0.6) is 0 Å². The van der Waals surface area contributed by atoms with Crippen LogP contribution in [0.15, 0.2) is 0 Å². The molecular formula is C10H17F3O. The molecule has 4 heteroatoms. The summed E-state index contributed by atoms with van der Waals surface area (Å²) in [5.74, 6) is 0.847. The van der Waals surface area contributed by atoms with Gasteiger partial charge in [0.1, 0.15) is 0 Å². The van der Waals surface area contributed by atoms with E-state index in [4.69, 9.17) is 4.74 Å². The zero-order valence-electron chi connectivity index (χ0n) is 8.60. The van der Waals surface area contributed by atoms with Crippen LogP contribution in [0.1, 0.15) is 33.1 Å². The van der Waals surface area contributed by atoms with Crippen LogP contribution in [0.3, 0.4) is 0 Å². The van der Waals surface area contributed by atoms with E-state index in [9.17, 15) is 13.2 Å². The monoisotopic (exact) mass is 210 g/mol. The molecule has 14 heavy (non-hydrogen) atoms. The van der Waals surface area contributed by atoms with Crippen LogP contribution < -0.4 is 0 Å². The Labute approximate surface area is 82.6 Å². The maximum atomic E-state index is 12.2. The molecule has 84 valence electrons. The molecule has 1 aliphatic heterocycles. The molecule has 0 aromatic rings. The van der Waals surface area contributed by atoms with Crippen molar-refractivity contribution in [1.29, 1.82) is 0 Å². The Kier molecular flexibility index (Phi) is 3.81. The van der Waals surface area contributed by atoms with Crippen molar-refractivity contribution >= 4 is 0 Å². The van der Waals surface area contributed by atoms with E-state index in [0.29, 0.717) is 18.3 Å². The Bertz CT molecular complexity index is 169. The first-order chi connectivity index (χ1) is 6.39. The summed E-state index contributed by atoms with van der Waals surface area (Å²) in [6.07, 6.45) is -3.97. The van der Waals surface area contributed by atoms with Gasteiger partial charge in [-0.25, -0.2) is 0 Å². The second-order valence-corrected chi connectivity index (χ2v) is 4.44. The summed E-state index contributed by atoms with van der Waals surface area (Å²) in [6.45, 7) is 4.42. The second kappa shape index (κ2) is 4.51. The van der Waals surface area contributed by atoms with Crippen molar-refractivity contribution in [2.45, 2.75) is 45.4 Å². The lowest BCUT2D eigenvalue weighted by molar-refractivity contribution is -0.236. The van der Waals surface area contributed by atoms with Crippen molar-refractivity contribution in [1.82, 2.24) is 0 Å². The molecular weight excluding hydrogens is 193 g/mol. The predicted molar refractivity (Wildman–Crippen MR) is 48.0 cm³/mol. The molecule has 2 atom stereocenters. The minimum atomic E-state index is -4.18. The van der Waals surface area contributed by atoms with Gasteiger partial charge in [-0.15, -0.1) is 0 Å². The smallest absolute Gasteiger partial charge is 0.368 e. The fourth-order valence-corrected chi connectivity index (χ4v) is 1.92. The summed E-state index contributed by atoms with van der Waals surface area (Å²) < 4.78 is 41.4. The molecule has 0 N–H and O–H groups in total. The van der Waals surface area contributed by atoms with Gasteiger partial charge in [0, 0.05) is 0 Å². The van der Waals surface area contributed by atoms with Gasteiger partial charge in [-0.1, -0.05) is 13.8 Å². The molecule has 1 aliphatic rings. The third kappa shape index (κ3) is 3.48. The average molecular weight is 210 g/mol. The van der Waals surface area contributed by atoms with E-state index in [1.54, 1.807) is 0 Å². The molecule has 0 bridgehead atoms. The van der Waals surface area contributed by atoms with Gasteiger partial charge in [0.2, 0.25) is 0 Å². The van der Waals surface area contributed by atoms with E-state index in [1.165, 1.54) is 0 Å². The first kappa shape index (κ1) is 11.8. The highest BCUT2D eigenvalue weighted by atomic mass is 19.4. The molecule has 0 radical (unpaired) electrons. The number of rotatable bonds is 2. The highest BCUT2D eigenvalue weighted by Crippen LogP contribution is 2.33. The Morgan fingerprint density at radius 1 is 1.29 bits per heavy atom. The Morgan fingerprint density at radius 2 is 1.93 bits per heavy atom. The molecule has 1 rings (SSSR count). The van der Waals surface area contributed by atoms with Gasteiger partial charge in [0.15, 0.2) is 6.10 Å². The molecule has 0 aromatic carbocycles. The van der Waals surface area contributed by atoms with Gasteiger partial charge in [-0.2, -0.15) is 13.2 Å². The van der Waals surface area contributed by atoms with Crippen molar-refractivity contribution in [3.05, 3.63) is 0 Å². The number of alkyl halides is 3. The molecule has 0 aliphatic carbocycles. The van der Waals surface area contributed by atoms with Gasteiger partial charge >= 0.3 is 6.18 Å². The number of hydrogen-bond donors (Lipinski definition) is 0. The maximum absolute atomic E-state index is 12.2. The van der Waals surface area contributed by atoms with Gasteiger partial charge in [0.05, 0.1) is 6.61 Å². The number of hydrogen-bond acceptors (Lipinski definition) is 1. The van der Waals surface area contributed by atoms with Gasteiger partial charge in [-0.05, 0) is 31.1 Å². The van der Waals surface area contributed by atoms with Crippen LogP contribution in [-0.2, 0) is 4.74 Å². The summed E-state index contributed by atoms with van der Waals surface area (Å²) in [5, 5.41) is 0. The molecule has 0 aromatic heterocycles. The topological polar surface area (TPSA) is 9.23 Å². The quantitative estimate of drug-likeness (QED) is 0.678. The average Bonchev–Trinajstić information content (AvgIpc) is 2.02. The summed E-state index contributed by atoms with van der Waals surface area (Å²) in [6, 6.07) is 0. The summed E-state index contributed by atoms with van der Waals surface area (Å²) in [5.41, 5.74) is 0. The van der Waals surface area contributed by atoms with Crippen molar-refractivity contribution in [3.63, 3.8) is 0 Å². The Morgan fingerprint density at radius 3 is 2.29 bits per heavy atom. The first-order valence-corrected chi connectivity index (χ1v) is 5.08. The van der Waals surface area contributed by atoms with Crippen LogP contribution >= 0.6 is 0 Å². The standard InChI is InChI=1S/C10H17F3O/c1-7(2)5-8-3-4-9(14-6-8)10(11,12)13/h7-9H,3-6H2,1-2H3/t8-,9-/m0/s1. The Hall–Kier alpha value is -0.250. The minimum absolute atomic E-state index is 0.126. The molecule has 0 amide bonds. The van der Waals surface area contributed by atoms with E-state index >= 15 is 0 Å². The van der Waals surface area contributed by atoms with E-state index in [-0.39, 0.29) is 13.0 Å². The van der Waals surface area contributed by atoms with Gasteiger partial charge in [0.25, 0.3) is 0 Å². The summed E-state index contributed by atoms with van der Waals surface area (Å²) in [7, 11) is 0. The minimum Gasteiger partial charge on any atom is -0.368 e. The largest absolute Gasteiger partial charge is 0.414 e. The second-order valence-electron chi connectivity index (χ2n) is 4.44. The van der Waals surface area contributed by atoms with Crippen LogP contribution in [0.4, 0.5) is 13.2 Å². The highest BCUT2D eigenvalue weighted by molar-refractivity contribution is 4.76. The molecule has 1 fully saturated rings. The molecule has 1 nitrogen and oxygen atoms in total. The number of halogens is 3. The van der Waals surface area contributed by atoms with Crippen molar-refractivity contribution in [2.24, 2.45) is 11.8 Å². The summed E-state index contributed by atoms with van der Waals surface area (Å²) in [4.78, 5) is 0. The maximum Gasteiger partial charge on any atom is 0.414 e. The van der Waals surface area contributed by atoms with E-state index in [0.717, 1.165) is 6.42 Å². The summed E-state index contributed by atoms with van der Waals surface area (Å²) >= 11 is 0. The lowest BCUT2D eigenvalue weighted by Gasteiger charge is -2.30. The van der Waals surface area contributed by atoms with Gasteiger partial charge in [-0.3, -0.25) is 0 Å². The van der Waals surface area contributed by atoms with Crippen molar-refractivity contribution in [2.75, 3.05) is 6.61 Å². The molecule has 1 heterocycles. The van der Waals surface area contributed by atoms with E-state index in [2.05, 4.69) is 13.8 Å². The molecule has 0 saturated carbocycles. The zero-order chi connectivity index (χ0) is 10.8. The van der Waals surface area contributed by atoms with Crippen LogP contribution in [0.25, 0.3) is 0 Å². The third-order valence-electron chi connectivity index (χ3n) is 2.54. The normalized spacial score (nSPS) is 29.6. The fourth-order valence-electron chi connectivity index (χ4n) is 1.92. The third-order valence-corrected chi connectivity index (χ3v) is 2.54. The molecule has 0 spiro atoms. The van der Waals surface area contributed by atoms with Gasteiger partial charge < -0.3 is 4.74 Å². The van der Waals surface area contributed by atoms with Crippen LogP contribution in [0.2, 0.25) is 0 Å². The molecule has 1 saturated heterocycles. The first-order valence-electron chi connectivity index (χ1n) is 5.08.